The molecular formula is C29H25N3S. The van der Waals surface area contributed by atoms with E-state index in [1.807, 2.05) is 18.3 Å². The number of rotatable bonds is 7. The lowest BCUT2D eigenvalue weighted by Gasteiger charge is -2.35. The fourth-order valence-electron chi connectivity index (χ4n) is 4.41. The molecule has 0 amide bonds. The van der Waals surface area contributed by atoms with Crippen molar-refractivity contribution < 1.29 is 0 Å². The second-order valence-electron chi connectivity index (χ2n) is 7.91. The van der Waals surface area contributed by atoms with Crippen LogP contribution in [-0.4, -0.2) is 9.55 Å². The second-order valence-corrected chi connectivity index (χ2v) is 8.93. The lowest BCUT2D eigenvalue weighted by atomic mass is 9.68. The second kappa shape index (κ2) is 9.39. The van der Waals surface area contributed by atoms with Crippen LogP contribution in [0.15, 0.2) is 133 Å². The fraction of sp³-hybridized carbons (Fsp3) is 0.0690. The van der Waals surface area contributed by atoms with Crippen LogP contribution >= 0.6 is 11.8 Å². The van der Waals surface area contributed by atoms with Crippen molar-refractivity contribution >= 4 is 17.4 Å². The molecule has 0 aliphatic carbocycles. The molecule has 5 rings (SSSR count). The third-order valence-electron chi connectivity index (χ3n) is 5.92. The Bertz CT molecular complexity index is 1200. The van der Waals surface area contributed by atoms with Gasteiger partial charge in [-0.05, 0) is 41.0 Å². The Morgan fingerprint density at radius 1 is 0.667 bits per heavy atom. The van der Waals surface area contributed by atoms with Gasteiger partial charge in [0, 0.05) is 23.0 Å². The molecule has 1 heterocycles. The first kappa shape index (κ1) is 21.1. The van der Waals surface area contributed by atoms with Crippen molar-refractivity contribution in [2.75, 3.05) is 5.73 Å². The largest absolute Gasteiger partial charge is 0.399 e. The number of nitrogens with zero attached hydrogens (tertiary/aromatic N) is 2. The van der Waals surface area contributed by atoms with Gasteiger partial charge in [0.25, 0.3) is 0 Å². The van der Waals surface area contributed by atoms with E-state index in [9.17, 15) is 0 Å². The molecule has 0 saturated heterocycles. The van der Waals surface area contributed by atoms with Crippen LogP contribution in [0.25, 0.3) is 0 Å². The van der Waals surface area contributed by atoms with Gasteiger partial charge in [-0.25, -0.2) is 4.98 Å². The highest BCUT2D eigenvalue weighted by molar-refractivity contribution is 7.98. The van der Waals surface area contributed by atoms with Crippen LogP contribution in [0, 0.1) is 0 Å². The van der Waals surface area contributed by atoms with Crippen molar-refractivity contribution in [2.24, 2.45) is 0 Å². The van der Waals surface area contributed by atoms with Gasteiger partial charge in [-0.2, -0.15) is 0 Å². The maximum atomic E-state index is 5.87. The highest BCUT2D eigenvalue weighted by Crippen LogP contribution is 2.44. The Labute approximate surface area is 198 Å². The van der Waals surface area contributed by atoms with Crippen molar-refractivity contribution in [1.82, 2.24) is 9.55 Å². The Morgan fingerprint density at radius 3 is 1.64 bits per heavy atom. The minimum atomic E-state index is -0.547. The normalized spacial score (nSPS) is 11.4. The van der Waals surface area contributed by atoms with Crippen LogP contribution in [0.2, 0.25) is 0 Å². The molecular weight excluding hydrogens is 422 g/mol. The summed E-state index contributed by atoms with van der Waals surface area (Å²) in [5.74, 6) is 1.74. The van der Waals surface area contributed by atoms with Crippen LogP contribution in [0.4, 0.5) is 5.69 Å². The predicted octanol–water partition coefficient (Wildman–Crippen LogP) is 6.60. The van der Waals surface area contributed by atoms with Gasteiger partial charge in [0.1, 0.15) is 11.2 Å². The maximum absolute atomic E-state index is 5.87. The summed E-state index contributed by atoms with van der Waals surface area (Å²) in [6, 6.07) is 40.0. The number of hydrogen-bond donors (Lipinski definition) is 1. The zero-order chi connectivity index (χ0) is 22.5. The number of hydrogen-bond acceptors (Lipinski definition) is 3. The number of thioether (sulfide) groups is 1. The van der Waals surface area contributed by atoms with Gasteiger partial charge in [0.05, 0.1) is 5.88 Å². The summed E-state index contributed by atoms with van der Waals surface area (Å²) >= 11 is 1.77. The fourth-order valence-corrected chi connectivity index (χ4v) is 5.23. The SMILES string of the molecule is Nc1ccc(SCn2ccnc2C(c2ccccc2)(c2ccccc2)c2ccccc2)cc1. The van der Waals surface area contributed by atoms with Crippen molar-refractivity contribution in [2.45, 2.75) is 16.2 Å². The van der Waals surface area contributed by atoms with Gasteiger partial charge in [-0.1, -0.05) is 91.0 Å². The maximum Gasteiger partial charge on any atom is 0.129 e. The van der Waals surface area contributed by atoms with Crippen molar-refractivity contribution in [3.63, 3.8) is 0 Å². The first-order valence-corrected chi connectivity index (χ1v) is 11.9. The molecule has 0 spiro atoms. The number of benzene rings is 4. The molecule has 0 radical (unpaired) electrons. The van der Waals surface area contributed by atoms with Gasteiger partial charge in [0.15, 0.2) is 0 Å². The van der Waals surface area contributed by atoms with Gasteiger partial charge in [-0.3, -0.25) is 0 Å². The van der Waals surface area contributed by atoms with Crippen LogP contribution < -0.4 is 5.73 Å². The zero-order valence-electron chi connectivity index (χ0n) is 18.2. The lowest BCUT2D eigenvalue weighted by molar-refractivity contribution is 0.634. The molecule has 0 fully saturated rings. The predicted molar refractivity (Wildman–Crippen MR) is 137 cm³/mol. The van der Waals surface area contributed by atoms with E-state index in [1.54, 1.807) is 11.8 Å². The van der Waals surface area contributed by atoms with Gasteiger partial charge < -0.3 is 10.3 Å². The highest BCUT2D eigenvalue weighted by Gasteiger charge is 2.41. The van der Waals surface area contributed by atoms with Crippen LogP contribution in [-0.2, 0) is 11.3 Å². The number of nitrogen functional groups attached to an aromatic ring is 1. The van der Waals surface area contributed by atoms with Crippen LogP contribution in [0.3, 0.4) is 0 Å². The summed E-state index contributed by atoms with van der Waals surface area (Å²) in [7, 11) is 0. The molecule has 5 aromatic rings. The Kier molecular flexibility index (Phi) is 6.01. The van der Waals surface area contributed by atoms with Crippen molar-refractivity contribution in [3.05, 3.63) is 150 Å². The molecule has 0 aliphatic heterocycles. The molecule has 4 heteroatoms. The van der Waals surface area contributed by atoms with Crippen LogP contribution in [0.1, 0.15) is 22.5 Å². The monoisotopic (exact) mass is 447 g/mol. The summed E-state index contributed by atoms with van der Waals surface area (Å²) in [4.78, 5) is 6.15. The summed E-state index contributed by atoms with van der Waals surface area (Å²) in [5.41, 5.74) is 9.66. The third kappa shape index (κ3) is 4.06. The molecule has 2 N–H and O–H groups in total. The minimum Gasteiger partial charge on any atom is -0.399 e. The van der Waals surface area contributed by atoms with E-state index in [4.69, 9.17) is 10.7 Å². The average molecular weight is 448 g/mol. The van der Waals surface area contributed by atoms with E-state index < -0.39 is 5.41 Å². The zero-order valence-corrected chi connectivity index (χ0v) is 19.0. The Balaban J connectivity index is 1.69. The number of aromatic nitrogens is 2. The molecule has 1 aromatic heterocycles. The Hall–Kier alpha value is -3.76. The molecule has 33 heavy (non-hydrogen) atoms. The quantitative estimate of drug-likeness (QED) is 0.174. The first-order valence-electron chi connectivity index (χ1n) is 10.9. The smallest absolute Gasteiger partial charge is 0.129 e. The summed E-state index contributed by atoms with van der Waals surface area (Å²) in [6.07, 6.45) is 3.98. The van der Waals surface area contributed by atoms with E-state index in [0.29, 0.717) is 0 Å². The number of nitrogens with two attached hydrogens (primary N) is 1. The van der Waals surface area contributed by atoms with E-state index in [2.05, 4.69) is 114 Å². The summed E-state index contributed by atoms with van der Waals surface area (Å²) in [6.45, 7) is 0. The molecule has 0 saturated carbocycles. The molecule has 0 bridgehead atoms. The highest BCUT2D eigenvalue weighted by atomic mass is 32.2. The molecule has 3 nitrogen and oxygen atoms in total. The molecule has 0 aliphatic rings. The number of imidazole rings is 1. The average Bonchev–Trinajstić information content (AvgIpc) is 3.35. The van der Waals surface area contributed by atoms with Gasteiger partial charge in [-0.15, -0.1) is 11.8 Å². The minimum absolute atomic E-state index is 0.547. The van der Waals surface area contributed by atoms with Crippen molar-refractivity contribution in [3.8, 4) is 0 Å². The van der Waals surface area contributed by atoms with Crippen LogP contribution in [0.5, 0.6) is 0 Å². The standard InChI is InChI=1S/C29H25N3S/c30-26-16-18-27(19-17-26)33-22-32-21-20-31-28(32)29(23-10-4-1-5-11-23,24-12-6-2-7-13-24)25-14-8-3-9-15-25/h1-21H,22,30H2. The number of anilines is 1. The van der Waals surface area contributed by atoms with E-state index in [0.717, 1.165) is 17.4 Å². The van der Waals surface area contributed by atoms with Gasteiger partial charge in [0.2, 0.25) is 0 Å². The van der Waals surface area contributed by atoms with E-state index >= 15 is 0 Å². The molecule has 162 valence electrons. The van der Waals surface area contributed by atoms with Gasteiger partial charge >= 0.3 is 0 Å². The molecule has 0 atom stereocenters. The van der Waals surface area contributed by atoms with E-state index in [1.165, 1.54) is 21.6 Å². The lowest BCUT2D eigenvalue weighted by Crippen LogP contribution is -2.34. The molecule has 0 unspecified atom stereocenters. The summed E-state index contributed by atoms with van der Waals surface area (Å²) < 4.78 is 2.26. The Morgan fingerprint density at radius 2 is 1.15 bits per heavy atom. The third-order valence-corrected chi connectivity index (χ3v) is 6.93. The first-order chi connectivity index (χ1) is 16.3. The topological polar surface area (TPSA) is 43.8 Å². The van der Waals surface area contributed by atoms with E-state index in [-0.39, 0.29) is 0 Å². The molecule has 4 aromatic carbocycles. The van der Waals surface area contributed by atoms with Crippen molar-refractivity contribution in [1.29, 1.82) is 0 Å². The summed E-state index contributed by atoms with van der Waals surface area (Å²) in [5, 5.41) is 0.